The first-order valence-electron chi connectivity index (χ1n) is 9.97. The number of hydrogen-bond donors (Lipinski definition) is 2. The number of carbonyl (C=O) groups is 1. The maximum absolute atomic E-state index is 12.6. The van der Waals surface area contributed by atoms with Gasteiger partial charge >= 0.3 is 0 Å². The first-order valence-corrected chi connectivity index (χ1v) is 9.97. The third-order valence-electron chi connectivity index (χ3n) is 5.50. The lowest BCUT2D eigenvalue weighted by Gasteiger charge is -2.27. The van der Waals surface area contributed by atoms with Gasteiger partial charge in [-0.25, -0.2) is 0 Å². The first kappa shape index (κ1) is 21.5. The van der Waals surface area contributed by atoms with Gasteiger partial charge in [0, 0.05) is 24.7 Å². The molecule has 158 valence electrons. The lowest BCUT2D eigenvalue weighted by molar-refractivity contribution is 0.0939. The van der Waals surface area contributed by atoms with E-state index in [2.05, 4.69) is 29.6 Å². The second-order valence-electron chi connectivity index (χ2n) is 8.11. The van der Waals surface area contributed by atoms with Crippen LogP contribution in [0.2, 0.25) is 0 Å². The van der Waals surface area contributed by atoms with Gasteiger partial charge in [0.1, 0.15) is 18.9 Å². The molecule has 0 aliphatic carbocycles. The fraction of sp³-hybridized carbons (Fsp3) is 0.524. The number of nitrogens with one attached hydrogen (secondary N) is 2. The van der Waals surface area contributed by atoms with E-state index in [1.165, 1.54) is 0 Å². The van der Waals surface area contributed by atoms with Crippen LogP contribution in [-0.2, 0) is 5.41 Å². The zero-order valence-corrected chi connectivity index (χ0v) is 17.8. The second kappa shape index (κ2) is 9.05. The summed E-state index contributed by atoms with van der Waals surface area (Å²) >= 11 is 0. The van der Waals surface area contributed by atoms with E-state index < -0.39 is 0 Å². The van der Waals surface area contributed by atoms with Crippen LogP contribution in [0.4, 0.5) is 0 Å². The van der Waals surface area contributed by atoms with E-state index in [4.69, 9.17) is 9.47 Å². The van der Waals surface area contributed by atoms with Crippen molar-refractivity contribution in [2.24, 2.45) is 0 Å². The van der Waals surface area contributed by atoms with Gasteiger partial charge in [-0.1, -0.05) is 19.9 Å². The molecule has 0 bridgehead atoms. The van der Waals surface area contributed by atoms with Crippen LogP contribution in [0.15, 0.2) is 30.5 Å². The van der Waals surface area contributed by atoms with Crippen molar-refractivity contribution >= 4 is 18.3 Å². The minimum absolute atomic E-state index is 0. The van der Waals surface area contributed by atoms with Crippen LogP contribution in [0.1, 0.15) is 48.8 Å². The topological polar surface area (TPSA) is 77.4 Å². The average molecular weight is 421 g/mol. The van der Waals surface area contributed by atoms with E-state index in [9.17, 15) is 4.79 Å². The Morgan fingerprint density at radius 3 is 2.83 bits per heavy atom. The molecule has 2 aliphatic rings. The number of fused-ring (bicyclic) bond motifs is 1. The van der Waals surface area contributed by atoms with Crippen LogP contribution < -0.4 is 20.1 Å². The van der Waals surface area contributed by atoms with Gasteiger partial charge < -0.3 is 20.1 Å². The smallest absolute Gasteiger partial charge is 0.271 e. The molecule has 2 aromatic rings. The Balaban J connectivity index is 0.00000240. The standard InChI is InChI=1S/C21H28N4O3.ClH/c1-21(2,15-5-6-18-19(12-15)28-11-10-27-18)14-23-20(26)17-7-9-25(24-17)16-4-3-8-22-13-16;/h5-7,9,12,16,22H,3-4,8,10-11,13-14H2,1-2H3,(H,23,26);1H. The summed E-state index contributed by atoms with van der Waals surface area (Å²) < 4.78 is 13.2. The number of halogens is 1. The molecule has 29 heavy (non-hydrogen) atoms. The minimum atomic E-state index is -0.249. The van der Waals surface area contributed by atoms with E-state index in [1.807, 2.05) is 29.1 Å². The molecule has 0 saturated carbocycles. The maximum Gasteiger partial charge on any atom is 0.271 e. The summed E-state index contributed by atoms with van der Waals surface area (Å²) in [7, 11) is 0. The molecule has 1 aromatic carbocycles. The number of aromatic nitrogens is 2. The van der Waals surface area contributed by atoms with Crippen molar-refractivity contribution < 1.29 is 14.3 Å². The number of benzene rings is 1. The van der Waals surface area contributed by atoms with Gasteiger partial charge in [0.15, 0.2) is 11.5 Å². The Morgan fingerprint density at radius 2 is 2.07 bits per heavy atom. The number of hydrogen-bond acceptors (Lipinski definition) is 5. The summed E-state index contributed by atoms with van der Waals surface area (Å²) in [5.41, 5.74) is 1.31. The molecule has 1 fully saturated rings. The third-order valence-corrected chi connectivity index (χ3v) is 5.50. The van der Waals surface area contributed by atoms with Crippen molar-refractivity contribution in [3.05, 3.63) is 41.7 Å². The third kappa shape index (κ3) is 4.85. The van der Waals surface area contributed by atoms with Crippen molar-refractivity contribution in [2.45, 2.75) is 38.1 Å². The summed E-state index contributed by atoms with van der Waals surface area (Å²) in [4.78, 5) is 12.6. The molecule has 2 aliphatic heterocycles. The zero-order valence-electron chi connectivity index (χ0n) is 16.9. The van der Waals surface area contributed by atoms with Gasteiger partial charge in [-0.15, -0.1) is 12.4 Å². The largest absolute Gasteiger partial charge is 0.486 e. The Kier molecular flexibility index (Phi) is 6.70. The number of ether oxygens (including phenoxy) is 2. The van der Waals surface area contributed by atoms with Crippen LogP contribution in [0, 0.1) is 0 Å². The van der Waals surface area contributed by atoms with E-state index in [1.54, 1.807) is 6.07 Å². The molecule has 0 spiro atoms. The number of rotatable bonds is 5. The van der Waals surface area contributed by atoms with Crippen molar-refractivity contribution in [1.29, 1.82) is 0 Å². The molecule has 1 unspecified atom stereocenters. The fourth-order valence-electron chi connectivity index (χ4n) is 3.68. The maximum atomic E-state index is 12.6. The van der Waals surface area contributed by atoms with Gasteiger partial charge in [-0.05, 0) is 43.1 Å². The molecule has 8 heteroatoms. The summed E-state index contributed by atoms with van der Waals surface area (Å²) in [5.74, 6) is 1.40. The van der Waals surface area contributed by atoms with Gasteiger partial charge in [-0.3, -0.25) is 9.48 Å². The van der Waals surface area contributed by atoms with Crippen molar-refractivity contribution in [1.82, 2.24) is 20.4 Å². The normalized spacial score (nSPS) is 18.6. The van der Waals surface area contributed by atoms with Crippen molar-refractivity contribution in [3.63, 3.8) is 0 Å². The Bertz CT molecular complexity index is 846. The van der Waals surface area contributed by atoms with Crippen LogP contribution in [0.5, 0.6) is 11.5 Å². The first-order chi connectivity index (χ1) is 13.5. The number of amides is 1. The summed E-state index contributed by atoms with van der Waals surface area (Å²) in [6, 6.07) is 8.09. The molecule has 1 atom stereocenters. The Hall–Kier alpha value is -2.25. The number of carbonyl (C=O) groups excluding carboxylic acids is 1. The van der Waals surface area contributed by atoms with Crippen LogP contribution in [-0.4, -0.2) is 48.5 Å². The van der Waals surface area contributed by atoms with Gasteiger partial charge in [0.25, 0.3) is 5.91 Å². The molecule has 0 radical (unpaired) electrons. The van der Waals surface area contributed by atoms with Crippen LogP contribution in [0.3, 0.4) is 0 Å². The van der Waals surface area contributed by atoms with Crippen LogP contribution in [0.25, 0.3) is 0 Å². The average Bonchev–Trinajstić information content (AvgIpc) is 3.23. The highest BCUT2D eigenvalue weighted by Crippen LogP contribution is 2.34. The zero-order chi connectivity index (χ0) is 19.6. The molecule has 1 saturated heterocycles. The molecule has 2 N–H and O–H groups in total. The molecule has 7 nitrogen and oxygen atoms in total. The van der Waals surface area contributed by atoms with Gasteiger partial charge in [0.05, 0.1) is 6.04 Å². The summed E-state index contributed by atoms with van der Waals surface area (Å²) in [6.07, 6.45) is 4.13. The monoisotopic (exact) mass is 420 g/mol. The SMILES string of the molecule is CC(C)(CNC(=O)c1ccn(C2CCCNC2)n1)c1ccc2c(c1)OCCO2.Cl. The highest BCUT2D eigenvalue weighted by molar-refractivity contribution is 5.92. The van der Waals surface area contributed by atoms with Gasteiger partial charge in [0.2, 0.25) is 0 Å². The molecule has 4 rings (SSSR count). The Morgan fingerprint density at radius 1 is 1.28 bits per heavy atom. The minimum Gasteiger partial charge on any atom is -0.486 e. The highest BCUT2D eigenvalue weighted by atomic mass is 35.5. The highest BCUT2D eigenvalue weighted by Gasteiger charge is 2.25. The lowest BCUT2D eigenvalue weighted by atomic mass is 9.84. The van der Waals surface area contributed by atoms with Crippen molar-refractivity contribution in [2.75, 3.05) is 32.8 Å². The molecular weight excluding hydrogens is 392 g/mol. The quantitative estimate of drug-likeness (QED) is 0.777. The van der Waals surface area contributed by atoms with E-state index in [-0.39, 0.29) is 23.7 Å². The van der Waals surface area contributed by atoms with E-state index in [0.29, 0.717) is 31.5 Å². The number of piperidine rings is 1. The van der Waals surface area contributed by atoms with Crippen LogP contribution >= 0.6 is 12.4 Å². The summed E-state index contributed by atoms with van der Waals surface area (Å²) in [6.45, 7) is 7.81. The second-order valence-corrected chi connectivity index (χ2v) is 8.11. The molecular formula is C21H29ClN4O3. The van der Waals surface area contributed by atoms with E-state index >= 15 is 0 Å². The molecule has 1 amide bonds. The Labute approximate surface area is 177 Å². The summed E-state index contributed by atoms with van der Waals surface area (Å²) in [5, 5.41) is 10.9. The predicted molar refractivity (Wildman–Crippen MR) is 113 cm³/mol. The predicted octanol–water partition coefficient (Wildman–Crippen LogP) is 2.71. The lowest BCUT2D eigenvalue weighted by Crippen LogP contribution is -2.37. The number of nitrogens with zero attached hydrogens (tertiary/aromatic N) is 2. The molecule has 3 heterocycles. The van der Waals surface area contributed by atoms with E-state index in [0.717, 1.165) is 43.0 Å². The van der Waals surface area contributed by atoms with Gasteiger partial charge in [-0.2, -0.15) is 5.10 Å². The fourth-order valence-corrected chi connectivity index (χ4v) is 3.68. The van der Waals surface area contributed by atoms with Crippen molar-refractivity contribution in [3.8, 4) is 11.5 Å². The molecule has 1 aromatic heterocycles.